The smallest absolute Gasteiger partial charge is 0.240 e. The Morgan fingerprint density at radius 2 is 2.06 bits per heavy atom. The van der Waals surface area contributed by atoms with Crippen molar-refractivity contribution in [1.82, 2.24) is 4.72 Å². The zero-order valence-electron chi connectivity index (χ0n) is 9.30. The molecule has 0 aliphatic heterocycles. The van der Waals surface area contributed by atoms with E-state index in [0.717, 1.165) is 5.56 Å². The number of halogens is 1. The van der Waals surface area contributed by atoms with Gasteiger partial charge in [-0.15, -0.1) is 12.4 Å². The number of sulfonamides is 1. The van der Waals surface area contributed by atoms with Crippen molar-refractivity contribution in [2.75, 3.05) is 6.54 Å². The molecule has 4 nitrogen and oxygen atoms in total. The fraction of sp³-hybridized carbons (Fsp3) is 0.400. The molecule has 0 unspecified atom stereocenters. The normalized spacial score (nSPS) is 12.9. The van der Waals surface area contributed by atoms with Crippen molar-refractivity contribution < 1.29 is 8.42 Å². The third-order valence-electron chi connectivity index (χ3n) is 2.01. The molecule has 6 heteroatoms. The maximum atomic E-state index is 11.8. The third-order valence-corrected chi connectivity index (χ3v) is 3.60. The van der Waals surface area contributed by atoms with Crippen LogP contribution >= 0.6 is 12.4 Å². The monoisotopic (exact) mass is 264 g/mol. The lowest BCUT2D eigenvalue weighted by atomic mass is 10.2. The second-order valence-electron chi connectivity index (χ2n) is 3.57. The summed E-state index contributed by atoms with van der Waals surface area (Å²) in [7, 11) is -3.42. The van der Waals surface area contributed by atoms with E-state index in [4.69, 9.17) is 5.73 Å². The Kier molecular flexibility index (Phi) is 5.96. The Balaban J connectivity index is 0.00000225. The molecule has 0 bridgehead atoms. The van der Waals surface area contributed by atoms with Gasteiger partial charge < -0.3 is 5.73 Å². The highest BCUT2D eigenvalue weighted by atomic mass is 35.5. The minimum Gasteiger partial charge on any atom is -0.329 e. The number of hydrogen-bond acceptors (Lipinski definition) is 3. The lowest BCUT2D eigenvalue weighted by molar-refractivity contribution is 0.562. The number of nitrogens with two attached hydrogens (primary N) is 1. The Morgan fingerprint density at radius 1 is 1.44 bits per heavy atom. The van der Waals surface area contributed by atoms with E-state index in [-0.39, 0.29) is 29.9 Å². The summed E-state index contributed by atoms with van der Waals surface area (Å²) in [6.45, 7) is 3.86. The molecule has 1 rings (SSSR count). The first kappa shape index (κ1) is 15.4. The molecule has 0 heterocycles. The second kappa shape index (κ2) is 6.20. The summed E-state index contributed by atoms with van der Waals surface area (Å²) in [4.78, 5) is 0.280. The Hall–Kier alpha value is -0.620. The number of rotatable bonds is 4. The lowest BCUT2D eigenvalue weighted by Crippen LogP contribution is -2.37. The van der Waals surface area contributed by atoms with E-state index in [1.807, 2.05) is 13.0 Å². The highest BCUT2D eigenvalue weighted by Crippen LogP contribution is 2.10. The molecular weight excluding hydrogens is 248 g/mol. The fourth-order valence-corrected chi connectivity index (χ4v) is 2.52. The second-order valence-corrected chi connectivity index (χ2v) is 5.29. The van der Waals surface area contributed by atoms with E-state index in [1.54, 1.807) is 25.1 Å². The van der Waals surface area contributed by atoms with Gasteiger partial charge in [0, 0.05) is 12.6 Å². The Morgan fingerprint density at radius 3 is 2.56 bits per heavy atom. The van der Waals surface area contributed by atoms with Crippen LogP contribution in [0.1, 0.15) is 12.5 Å². The molecule has 16 heavy (non-hydrogen) atoms. The van der Waals surface area contributed by atoms with Crippen LogP contribution < -0.4 is 10.5 Å². The fourth-order valence-electron chi connectivity index (χ4n) is 1.16. The van der Waals surface area contributed by atoms with Crippen molar-refractivity contribution in [3.05, 3.63) is 29.8 Å². The molecule has 3 N–H and O–H groups in total. The van der Waals surface area contributed by atoms with Crippen LogP contribution in [0.4, 0.5) is 0 Å². The first-order chi connectivity index (χ1) is 6.95. The SMILES string of the molecule is Cc1cccc(S(=O)(=O)N[C@H](C)CN)c1.Cl. The highest BCUT2D eigenvalue weighted by molar-refractivity contribution is 7.89. The average molecular weight is 265 g/mol. The molecule has 0 radical (unpaired) electrons. The maximum absolute atomic E-state index is 11.8. The summed E-state index contributed by atoms with van der Waals surface area (Å²) in [6.07, 6.45) is 0. The van der Waals surface area contributed by atoms with Crippen LogP contribution in [0, 0.1) is 6.92 Å². The van der Waals surface area contributed by atoms with Crippen LogP contribution in [0.3, 0.4) is 0 Å². The highest BCUT2D eigenvalue weighted by Gasteiger charge is 2.15. The summed E-state index contributed by atoms with van der Waals surface area (Å²) in [5.74, 6) is 0. The van der Waals surface area contributed by atoms with Gasteiger partial charge in [-0.05, 0) is 31.5 Å². The van der Waals surface area contributed by atoms with Gasteiger partial charge in [0.15, 0.2) is 0 Å². The van der Waals surface area contributed by atoms with Gasteiger partial charge in [-0.1, -0.05) is 12.1 Å². The molecule has 1 aromatic carbocycles. The molecule has 0 aliphatic rings. The molecule has 92 valence electrons. The Labute approximate surface area is 103 Å². The van der Waals surface area contributed by atoms with Gasteiger partial charge in [0.05, 0.1) is 4.90 Å². The van der Waals surface area contributed by atoms with Crippen LogP contribution in [0.2, 0.25) is 0 Å². The standard InChI is InChI=1S/C10H16N2O2S.ClH/c1-8-4-3-5-10(6-8)15(13,14)12-9(2)7-11;/h3-6,9,12H,7,11H2,1-2H3;1H/t9-;/m1./s1. The number of nitrogens with one attached hydrogen (secondary N) is 1. The van der Waals surface area contributed by atoms with Crippen LogP contribution in [-0.4, -0.2) is 21.0 Å². The van der Waals surface area contributed by atoms with Gasteiger partial charge in [0.25, 0.3) is 0 Å². The van der Waals surface area contributed by atoms with Gasteiger partial charge >= 0.3 is 0 Å². The zero-order chi connectivity index (χ0) is 11.5. The Bertz CT molecular complexity index is 434. The summed E-state index contributed by atoms with van der Waals surface area (Å²) in [6, 6.07) is 6.52. The lowest BCUT2D eigenvalue weighted by Gasteiger charge is -2.12. The van der Waals surface area contributed by atoms with E-state index in [0.29, 0.717) is 0 Å². The third kappa shape index (κ3) is 4.09. The molecule has 0 aromatic heterocycles. The van der Waals surface area contributed by atoms with Crippen LogP contribution in [0.5, 0.6) is 0 Å². The van der Waals surface area contributed by atoms with Crippen molar-refractivity contribution in [3.63, 3.8) is 0 Å². The largest absolute Gasteiger partial charge is 0.329 e. The summed E-state index contributed by atoms with van der Waals surface area (Å²) >= 11 is 0. The minimum absolute atomic E-state index is 0. The van der Waals surface area contributed by atoms with Crippen molar-refractivity contribution in [1.29, 1.82) is 0 Å². The van der Waals surface area contributed by atoms with Crippen molar-refractivity contribution >= 4 is 22.4 Å². The number of aryl methyl sites for hydroxylation is 1. The molecule has 0 spiro atoms. The summed E-state index contributed by atoms with van der Waals surface area (Å²) < 4.78 is 26.1. The van der Waals surface area contributed by atoms with E-state index < -0.39 is 10.0 Å². The molecule has 1 aromatic rings. The van der Waals surface area contributed by atoms with E-state index >= 15 is 0 Å². The van der Waals surface area contributed by atoms with Gasteiger partial charge in [0.1, 0.15) is 0 Å². The minimum atomic E-state index is -3.42. The topological polar surface area (TPSA) is 72.2 Å². The van der Waals surface area contributed by atoms with Crippen molar-refractivity contribution in [2.45, 2.75) is 24.8 Å². The molecule has 0 amide bonds. The van der Waals surface area contributed by atoms with Crippen LogP contribution in [-0.2, 0) is 10.0 Å². The molecular formula is C10H17ClN2O2S. The van der Waals surface area contributed by atoms with Crippen LogP contribution in [0.25, 0.3) is 0 Å². The zero-order valence-corrected chi connectivity index (χ0v) is 10.9. The van der Waals surface area contributed by atoms with Crippen molar-refractivity contribution in [3.8, 4) is 0 Å². The van der Waals surface area contributed by atoms with E-state index in [1.165, 1.54) is 0 Å². The van der Waals surface area contributed by atoms with Crippen LogP contribution in [0.15, 0.2) is 29.2 Å². The first-order valence-corrected chi connectivity index (χ1v) is 6.23. The van der Waals surface area contributed by atoms with E-state index in [2.05, 4.69) is 4.72 Å². The predicted octanol–water partition coefficient (Wildman–Crippen LogP) is 1.04. The number of hydrogen-bond donors (Lipinski definition) is 2. The van der Waals surface area contributed by atoms with Gasteiger partial charge in [-0.25, -0.2) is 13.1 Å². The summed E-state index contributed by atoms with van der Waals surface area (Å²) in [5.41, 5.74) is 6.28. The average Bonchev–Trinajstić information content (AvgIpc) is 2.17. The van der Waals surface area contributed by atoms with Gasteiger partial charge in [-0.2, -0.15) is 0 Å². The molecule has 0 aliphatic carbocycles. The van der Waals surface area contributed by atoms with Crippen molar-refractivity contribution in [2.24, 2.45) is 5.73 Å². The quantitative estimate of drug-likeness (QED) is 0.854. The molecule has 0 saturated carbocycles. The van der Waals surface area contributed by atoms with E-state index in [9.17, 15) is 8.42 Å². The number of benzene rings is 1. The first-order valence-electron chi connectivity index (χ1n) is 4.75. The molecule has 1 atom stereocenters. The molecule has 0 saturated heterocycles. The molecule has 0 fully saturated rings. The van der Waals surface area contributed by atoms with Gasteiger partial charge in [0.2, 0.25) is 10.0 Å². The summed E-state index contributed by atoms with van der Waals surface area (Å²) in [5, 5.41) is 0. The van der Waals surface area contributed by atoms with Gasteiger partial charge in [-0.3, -0.25) is 0 Å². The predicted molar refractivity (Wildman–Crippen MR) is 67.3 cm³/mol. The maximum Gasteiger partial charge on any atom is 0.240 e.